The van der Waals surface area contributed by atoms with Gasteiger partial charge in [-0.2, -0.15) is 5.10 Å². The molecule has 0 bridgehead atoms. The van der Waals surface area contributed by atoms with Gasteiger partial charge in [-0.05, 0) is 144 Å². The lowest BCUT2D eigenvalue weighted by Crippen LogP contribution is -2.52. The number of imide groups is 1. The number of fused-ring (bicyclic) bond motifs is 1. The molecule has 2 atom stereocenters. The van der Waals surface area contributed by atoms with Crippen LogP contribution in [0.2, 0.25) is 0 Å². The van der Waals surface area contributed by atoms with Crippen LogP contribution >= 0.6 is 0 Å². The van der Waals surface area contributed by atoms with E-state index in [1.165, 1.54) is 0 Å². The maximum absolute atomic E-state index is 13.7. The Bertz CT molecular complexity index is 3060. The highest BCUT2D eigenvalue weighted by Crippen LogP contribution is 2.37. The van der Waals surface area contributed by atoms with Crippen molar-refractivity contribution in [2.24, 2.45) is 0 Å². The zero-order valence-corrected chi connectivity index (χ0v) is 49.4. The number of anilines is 2. The van der Waals surface area contributed by atoms with Crippen LogP contribution in [0, 0.1) is 0 Å². The van der Waals surface area contributed by atoms with E-state index in [1.807, 2.05) is 105 Å². The molecular weight excluding hydrogens is 1090 g/mol. The lowest BCUT2D eigenvalue weighted by atomic mass is 9.86. The Morgan fingerprint density at radius 3 is 2.16 bits per heavy atom. The SMILES string of the molecule is C[C@@H](NC(=O)c1cccc(NC2(c3nc(-c4ccncc4)n[nH]3)CCN(C(=O)OC(C)(C)C)CC2)c1)c1ccc(OCCCCCCOCCOCCOCCCC(=O)N2CCN(c3ccc4c(c3)CN(C3CCC(=O)NC3=O)C4=O)CC2)cc1. The molecular formula is C63H81N11O11. The number of aromatic nitrogens is 4. The standard InChI is InChI=1S/C63H81N11O11/c1-44(65-57(77)47-11-9-12-49(41-47)68-63(24-28-73(29-25-63)61(80)85-62(2,3)4)60-67-56(69-70-60)46-22-26-64-27-23-46)45-14-17-51(18-15-45)84-36-8-6-5-7-34-81-37-39-83-40-38-82-35-10-13-55(76)72-32-30-71(31-33-72)50-16-19-52-48(42-50)43-74(59(52)79)53-20-21-54(75)66-58(53)78/h9,11-12,14-19,22-23,26-27,41-42,44,53,68H,5-8,10,13,20-21,24-25,28-40,43H2,1-4H3,(H,65,77)(H,66,75,78)(H,67,69,70)/t44-,53?/m1/s1. The molecule has 4 aliphatic rings. The number of hydrogen-bond donors (Lipinski definition) is 4. The van der Waals surface area contributed by atoms with Gasteiger partial charge in [-0.15, -0.1) is 0 Å². The highest BCUT2D eigenvalue weighted by Gasteiger charge is 2.42. The number of aromatic amines is 1. The van der Waals surface area contributed by atoms with Crippen LogP contribution in [0.15, 0.2) is 91.3 Å². The van der Waals surface area contributed by atoms with Gasteiger partial charge in [0.15, 0.2) is 11.6 Å². The van der Waals surface area contributed by atoms with Crippen LogP contribution in [0.4, 0.5) is 16.2 Å². The Morgan fingerprint density at radius 2 is 1.46 bits per heavy atom. The highest BCUT2D eigenvalue weighted by molar-refractivity contribution is 6.05. The van der Waals surface area contributed by atoms with Gasteiger partial charge in [0.1, 0.15) is 22.9 Å². The average Bonchev–Trinajstić information content (AvgIpc) is 3.17. The molecule has 3 aromatic carbocycles. The van der Waals surface area contributed by atoms with Crippen LogP contribution in [0.3, 0.4) is 0 Å². The van der Waals surface area contributed by atoms with Gasteiger partial charge in [-0.3, -0.25) is 39.4 Å². The van der Waals surface area contributed by atoms with E-state index in [2.05, 4.69) is 36.0 Å². The summed E-state index contributed by atoms with van der Waals surface area (Å²) in [7, 11) is 0. The minimum absolute atomic E-state index is 0.114. The number of carbonyl (C=O) groups excluding carboxylic acids is 6. The van der Waals surface area contributed by atoms with Crippen LogP contribution < -0.4 is 25.6 Å². The van der Waals surface area contributed by atoms with Crippen LogP contribution in [-0.2, 0) is 45.4 Å². The first-order valence-electron chi connectivity index (χ1n) is 29.9. The van der Waals surface area contributed by atoms with Gasteiger partial charge in [-0.25, -0.2) is 9.78 Å². The van der Waals surface area contributed by atoms with Crippen LogP contribution in [0.1, 0.15) is 136 Å². The van der Waals surface area contributed by atoms with Crippen LogP contribution in [0.25, 0.3) is 11.4 Å². The number of rotatable bonds is 27. The van der Waals surface area contributed by atoms with Crippen molar-refractivity contribution in [1.29, 1.82) is 0 Å². The second-order valence-corrected chi connectivity index (χ2v) is 23.1. The molecule has 0 spiro atoms. The zero-order chi connectivity index (χ0) is 59.8. The average molecular weight is 1170 g/mol. The molecule has 0 aliphatic carbocycles. The summed E-state index contributed by atoms with van der Waals surface area (Å²) in [4.78, 5) is 93.2. The van der Waals surface area contributed by atoms with E-state index < -0.39 is 23.1 Å². The van der Waals surface area contributed by atoms with Crippen LogP contribution in [-0.4, -0.2) is 168 Å². The Hall–Kier alpha value is -7.95. The number of unbranched alkanes of at least 4 members (excludes halogenated alkanes) is 3. The molecule has 454 valence electrons. The monoisotopic (exact) mass is 1170 g/mol. The molecule has 22 heteroatoms. The number of piperidine rings is 2. The highest BCUT2D eigenvalue weighted by atomic mass is 16.6. The fourth-order valence-corrected chi connectivity index (χ4v) is 11.0. The zero-order valence-electron chi connectivity index (χ0n) is 49.4. The van der Waals surface area contributed by atoms with Crippen molar-refractivity contribution in [2.45, 2.75) is 122 Å². The molecule has 4 N–H and O–H groups in total. The summed E-state index contributed by atoms with van der Waals surface area (Å²) >= 11 is 0. The number of carbonyl (C=O) groups is 6. The smallest absolute Gasteiger partial charge is 0.410 e. The quantitative estimate of drug-likeness (QED) is 0.0292. The number of piperazine rings is 1. The number of pyridine rings is 1. The van der Waals surface area contributed by atoms with Gasteiger partial charge in [0.05, 0.1) is 39.1 Å². The summed E-state index contributed by atoms with van der Waals surface area (Å²) in [6.45, 7) is 15.0. The number of amides is 6. The van der Waals surface area contributed by atoms with Crippen LogP contribution in [0.5, 0.6) is 5.75 Å². The molecule has 85 heavy (non-hydrogen) atoms. The van der Waals surface area contributed by atoms with E-state index in [-0.39, 0.29) is 42.2 Å². The second-order valence-electron chi connectivity index (χ2n) is 23.1. The molecule has 2 aromatic heterocycles. The molecule has 22 nitrogen and oxygen atoms in total. The third kappa shape index (κ3) is 16.9. The first kappa shape index (κ1) is 61.6. The van der Waals surface area contributed by atoms with Crippen molar-refractivity contribution in [3.05, 3.63) is 119 Å². The first-order valence-corrected chi connectivity index (χ1v) is 29.9. The number of likely N-dealkylation sites (tertiary alicyclic amines) is 1. The molecule has 6 amide bonds. The molecule has 1 unspecified atom stereocenters. The minimum Gasteiger partial charge on any atom is -0.494 e. The molecule has 3 saturated heterocycles. The predicted molar refractivity (Wildman–Crippen MR) is 318 cm³/mol. The van der Waals surface area contributed by atoms with Crippen molar-refractivity contribution >= 4 is 47.0 Å². The van der Waals surface area contributed by atoms with Crippen molar-refractivity contribution in [2.75, 3.05) is 95.7 Å². The van der Waals surface area contributed by atoms with Gasteiger partial charge in [0.2, 0.25) is 17.7 Å². The van der Waals surface area contributed by atoms with Gasteiger partial charge >= 0.3 is 6.09 Å². The lowest BCUT2D eigenvalue weighted by Gasteiger charge is -2.41. The fraction of sp³-hybridized carbons (Fsp3) is 0.508. The Balaban J connectivity index is 0.585. The lowest BCUT2D eigenvalue weighted by molar-refractivity contribution is -0.137. The molecule has 6 heterocycles. The van der Waals surface area contributed by atoms with Gasteiger partial charge in [0.25, 0.3) is 11.8 Å². The maximum atomic E-state index is 13.7. The maximum Gasteiger partial charge on any atom is 0.410 e. The number of benzene rings is 3. The first-order chi connectivity index (χ1) is 41.1. The summed E-state index contributed by atoms with van der Waals surface area (Å²) < 4.78 is 28.8. The van der Waals surface area contributed by atoms with Crippen molar-refractivity contribution < 1.29 is 52.5 Å². The van der Waals surface area contributed by atoms with Crippen molar-refractivity contribution in [1.82, 2.24) is 45.5 Å². The summed E-state index contributed by atoms with van der Waals surface area (Å²) in [6, 6.07) is 23.8. The number of hydrogen-bond acceptors (Lipinski definition) is 16. The molecule has 0 saturated carbocycles. The Labute approximate surface area is 497 Å². The normalized spacial score (nSPS) is 17.3. The minimum atomic E-state index is -0.720. The Kier molecular flexibility index (Phi) is 21.2. The van der Waals surface area contributed by atoms with Gasteiger partial charge in [0, 0.05) is 112 Å². The molecule has 5 aromatic rings. The van der Waals surface area contributed by atoms with E-state index in [1.54, 1.807) is 28.3 Å². The predicted octanol–water partition coefficient (Wildman–Crippen LogP) is 7.58. The summed E-state index contributed by atoms with van der Waals surface area (Å²) in [6.07, 6.45) is 9.61. The molecule has 9 rings (SSSR count). The number of nitrogens with zero attached hydrogens (tertiary/aromatic N) is 7. The van der Waals surface area contributed by atoms with Crippen molar-refractivity contribution in [3.8, 4) is 17.1 Å². The summed E-state index contributed by atoms with van der Waals surface area (Å²) in [5.74, 6) is 0.933. The van der Waals surface area contributed by atoms with Crippen molar-refractivity contribution in [3.63, 3.8) is 0 Å². The summed E-state index contributed by atoms with van der Waals surface area (Å²) in [5, 5.41) is 16.9. The van der Waals surface area contributed by atoms with E-state index in [9.17, 15) is 28.8 Å². The fourth-order valence-electron chi connectivity index (χ4n) is 11.0. The Morgan fingerprint density at radius 1 is 0.765 bits per heavy atom. The number of nitrogens with one attached hydrogen (secondary N) is 4. The van der Waals surface area contributed by atoms with E-state index in [0.29, 0.717) is 147 Å². The number of H-pyrrole nitrogens is 1. The molecule has 0 radical (unpaired) electrons. The van der Waals surface area contributed by atoms with Gasteiger partial charge in [-0.1, -0.05) is 24.6 Å². The largest absolute Gasteiger partial charge is 0.494 e. The molecule has 3 fully saturated rings. The third-order valence-electron chi connectivity index (χ3n) is 15.8. The summed E-state index contributed by atoms with van der Waals surface area (Å²) in [5.41, 5.74) is 4.11. The van der Waals surface area contributed by atoms with E-state index in [0.717, 1.165) is 59.5 Å². The second kappa shape index (κ2) is 29.2. The van der Waals surface area contributed by atoms with E-state index in [4.69, 9.17) is 28.7 Å². The van der Waals surface area contributed by atoms with Gasteiger partial charge < -0.3 is 53.9 Å². The topological polar surface area (TPSA) is 252 Å². The third-order valence-corrected chi connectivity index (χ3v) is 15.8. The molecule has 4 aliphatic heterocycles. The van der Waals surface area contributed by atoms with E-state index >= 15 is 0 Å². The number of ether oxygens (including phenoxy) is 5.